The van der Waals surface area contributed by atoms with E-state index in [2.05, 4.69) is 20.4 Å². The maximum atomic E-state index is 13.1. The zero-order valence-corrected chi connectivity index (χ0v) is 20.5. The van der Waals surface area contributed by atoms with Crippen molar-refractivity contribution in [3.8, 4) is 5.75 Å². The molecule has 1 heterocycles. The number of hydrogen-bond acceptors (Lipinski definition) is 6. The van der Waals surface area contributed by atoms with Gasteiger partial charge in [-0.1, -0.05) is 45.3 Å². The first-order valence-corrected chi connectivity index (χ1v) is 13.3. The highest BCUT2D eigenvalue weighted by molar-refractivity contribution is 7.91. The van der Waals surface area contributed by atoms with Gasteiger partial charge in [-0.2, -0.15) is 0 Å². The molecule has 2 rings (SSSR count). The minimum Gasteiger partial charge on any atom is -0.486 e. The van der Waals surface area contributed by atoms with E-state index in [1.807, 2.05) is 6.92 Å². The molecule has 0 bridgehead atoms. The first-order chi connectivity index (χ1) is 15.3. The molecule has 6 nitrogen and oxygen atoms in total. The van der Waals surface area contributed by atoms with Crippen LogP contribution in [0.1, 0.15) is 64.4 Å². The predicted octanol–water partition coefficient (Wildman–Crippen LogP) is 5.03. The van der Waals surface area contributed by atoms with E-state index in [0.29, 0.717) is 37.7 Å². The van der Waals surface area contributed by atoms with E-state index in [4.69, 9.17) is 14.2 Å². The van der Waals surface area contributed by atoms with Crippen LogP contribution in [0.15, 0.2) is 35.7 Å². The highest BCUT2D eigenvalue weighted by atomic mass is 32.2. The number of ether oxygens (including phenoxy) is 3. The number of sulfone groups is 1. The quantitative estimate of drug-likeness (QED) is 0.283. The molecule has 1 saturated heterocycles. The summed E-state index contributed by atoms with van der Waals surface area (Å²) >= 11 is 0. The van der Waals surface area contributed by atoms with Gasteiger partial charge in [-0.25, -0.2) is 8.42 Å². The minimum atomic E-state index is -3.72. The lowest BCUT2D eigenvalue weighted by atomic mass is 10.0. The minimum absolute atomic E-state index is 0.106. The number of esters is 1. The molecule has 1 aromatic carbocycles. The molecule has 1 aromatic rings. The standard InChI is InChI=1S/C25H38O6S/c1-5-8-10-20(7-3)18-30-25(26)14-16-32(27,28)24-12-11-19(4)17-23(24)31-22-13-15-29-21(22)9-6-2/h6,11-12,17,20-22H,2,5,7-10,13-16,18H2,1,3-4H3/t20-,21+,22+/m1/s1. The Balaban J connectivity index is 2.02. The van der Waals surface area contributed by atoms with Crippen LogP contribution in [0.3, 0.4) is 0 Å². The van der Waals surface area contributed by atoms with Crippen molar-refractivity contribution < 1.29 is 27.4 Å². The van der Waals surface area contributed by atoms with Crippen LogP contribution in [0.25, 0.3) is 0 Å². The zero-order valence-electron chi connectivity index (χ0n) is 19.7. The van der Waals surface area contributed by atoms with Gasteiger partial charge in [-0.15, -0.1) is 6.58 Å². The summed E-state index contributed by atoms with van der Waals surface area (Å²) < 4.78 is 43.3. The molecule has 0 saturated carbocycles. The summed E-state index contributed by atoms with van der Waals surface area (Å²) in [5.41, 5.74) is 0.898. The highest BCUT2D eigenvalue weighted by Crippen LogP contribution is 2.31. The summed E-state index contributed by atoms with van der Waals surface area (Å²) in [6.45, 7) is 10.8. The normalized spacial score (nSPS) is 19.5. The summed E-state index contributed by atoms with van der Waals surface area (Å²) in [7, 11) is -3.72. The van der Waals surface area contributed by atoms with Crippen LogP contribution in [0.2, 0.25) is 0 Å². The van der Waals surface area contributed by atoms with E-state index in [1.54, 1.807) is 24.3 Å². The lowest BCUT2D eigenvalue weighted by Gasteiger charge is -2.21. The van der Waals surface area contributed by atoms with E-state index in [9.17, 15) is 13.2 Å². The predicted molar refractivity (Wildman–Crippen MR) is 126 cm³/mol. The van der Waals surface area contributed by atoms with Crippen LogP contribution >= 0.6 is 0 Å². The number of hydrogen-bond donors (Lipinski definition) is 0. The molecule has 0 radical (unpaired) electrons. The summed E-state index contributed by atoms with van der Waals surface area (Å²) in [5.74, 6) is -0.152. The first-order valence-electron chi connectivity index (χ1n) is 11.7. The number of aryl methyl sites for hydroxylation is 1. The monoisotopic (exact) mass is 466 g/mol. The van der Waals surface area contributed by atoms with E-state index in [0.717, 1.165) is 31.2 Å². The molecule has 3 atom stereocenters. The van der Waals surface area contributed by atoms with Gasteiger partial charge in [0.1, 0.15) is 16.7 Å². The van der Waals surface area contributed by atoms with Crippen molar-refractivity contribution in [3.05, 3.63) is 36.4 Å². The molecule has 180 valence electrons. The summed E-state index contributed by atoms with van der Waals surface area (Å²) in [6, 6.07) is 5.03. The molecular weight excluding hydrogens is 428 g/mol. The van der Waals surface area contributed by atoms with Crippen molar-refractivity contribution in [3.63, 3.8) is 0 Å². The van der Waals surface area contributed by atoms with Crippen molar-refractivity contribution in [2.75, 3.05) is 19.0 Å². The van der Waals surface area contributed by atoms with Gasteiger partial charge in [0.15, 0.2) is 9.84 Å². The average Bonchev–Trinajstić information content (AvgIpc) is 3.19. The van der Waals surface area contributed by atoms with Gasteiger partial charge in [0.2, 0.25) is 0 Å². The molecule has 0 N–H and O–H groups in total. The highest BCUT2D eigenvalue weighted by Gasteiger charge is 2.31. The number of carbonyl (C=O) groups is 1. The van der Waals surface area contributed by atoms with Crippen molar-refractivity contribution in [1.82, 2.24) is 0 Å². The van der Waals surface area contributed by atoms with Crippen LogP contribution in [0.5, 0.6) is 5.75 Å². The molecule has 1 aliphatic heterocycles. The third kappa shape index (κ3) is 7.93. The molecule has 1 aliphatic rings. The number of benzene rings is 1. The van der Waals surface area contributed by atoms with Crippen molar-refractivity contribution in [1.29, 1.82) is 0 Å². The Morgan fingerprint density at radius 2 is 2.12 bits per heavy atom. The molecule has 32 heavy (non-hydrogen) atoms. The molecule has 0 amide bonds. The Hall–Kier alpha value is -1.86. The van der Waals surface area contributed by atoms with Crippen molar-refractivity contribution in [2.24, 2.45) is 5.92 Å². The van der Waals surface area contributed by atoms with Gasteiger partial charge in [0.25, 0.3) is 0 Å². The summed E-state index contributed by atoms with van der Waals surface area (Å²) in [5, 5.41) is 0. The smallest absolute Gasteiger partial charge is 0.306 e. The van der Waals surface area contributed by atoms with Crippen molar-refractivity contribution >= 4 is 15.8 Å². The van der Waals surface area contributed by atoms with Crippen molar-refractivity contribution in [2.45, 2.75) is 82.8 Å². The lowest BCUT2D eigenvalue weighted by molar-refractivity contribution is -0.144. The maximum absolute atomic E-state index is 13.1. The van der Waals surface area contributed by atoms with Crippen LogP contribution in [-0.2, 0) is 24.1 Å². The topological polar surface area (TPSA) is 78.9 Å². The van der Waals surface area contributed by atoms with Crippen LogP contribution in [-0.4, -0.2) is 45.6 Å². The second-order valence-corrected chi connectivity index (χ2v) is 10.6. The molecule has 0 spiro atoms. The second kappa shape index (κ2) is 13.0. The van der Waals surface area contributed by atoms with Gasteiger partial charge < -0.3 is 14.2 Å². The van der Waals surface area contributed by atoms with Crippen LogP contribution < -0.4 is 4.74 Å². The SMILES string of the molecule is C=CC[C@@H]1OCC[C@@H]1Oc1cc(C)ccc1S(=O)(=O)CCC(=O)OC[C@H](CC)CCCC. The number of rotatable bonds is 14. The van der Waals surface area contributed by atoms with Gasteiger partial charge in [-0.05, 0) is 43.4 Å². The third-order valence-corrected chi connectivity index (χ3v) is 7.61. The van der Waals surface area contributed by atoms with E-state index in [-0.39, 0.29) is 29.3 Å². The average molecular weight is 467 g/mol. The molecule has 0 unspecified atom stereocenters. The Morgan fingerprint density at radius 1 is 1.34 bits per heavy atom. The van der Waals surface area contributed by atoms with Crippen LogP contribution in [0.4, 0.5) is 0 Å². The molecule has 0 aliphatic carbocycles. The molecule has 0 aromatic heterocycles. The Labute approximate surface area is 193 Å². The van der Waals surface area contributed by atoms with Crippen LogP contribution in [0, 0.1) is 12.8 Å². The molecule has 1 fully saturated rings. The van der Waals surface area contributed by atoms with E-state index < -0.39 is 15.8 Å². The Bertz CT molecular complexity index is 848. The number of carbonyl (C=O) groups excluding carboxylic acids is 1. The zero-order chi connectivity index (χ0) is 23.6. The second-order valence-electron chi connectivity index (χ2n) is 8.50. The summed E-state index contributed by atoms with van der Waals surface area (Å²) in [4.78, 5) is 12.3. The fraction of sp³-hybridized carbons (Fsp3) is 0.640. The fourth-order valence-corrected chi connectivity index (χ4v) is 5.13. The van der Waals surface area contributed by atoms with Gasteiger partial charge >= 0.3 is 5.97 Å². The number of unbranched alkanes of at least 4 members (excludes halogenated alkanes) is 1. The largest absolute Gasteiger partial charge is 0.486 e. The van der Waals surface area contributed by atoms with Gasteiger partial charge in [-0.3, -0.25) is 4.79 Å². The third-order valence-electron chi connectivity index (χ3n) is 5.86. The summed E-state index contributed by atoms with van der Waals surface area (Å²) in [6.07, 6.45) is 6.71. The first kappa shape index (κ1) is 26.4. The fourth-order valence-electron chi connectivity index (χ4n) is 3.78. The van der Waals surface area contributed by atoms with Gasteiger partial charge in [0, 0.05) is 6.42 Å². The van der Waals surface area contributed by atoms with E-state index in [1.165, 1.54) is 0 Å². The Kier molecular flexibility index (Phi) is 10.7. The molecule has 7 heteroatoms. The molecular formula is C25H38O6S. The van der Waals surface area contributed by atoms with E-state index >= 15 is 0 Å². The lowest BCUT2D eigenvalue weighted by Crippen LogP contribution is -2.27. The Morgan fingerprint density at radius 3 is 2.81 bits per heavy atom. The maximum Gasteiger partial charge on any atom is 0.306 e. The van der Waals surface area contributed by atoms with Gasteiger partial charge in [0.05, 0.1) is 31.5 Å².